The van der Waals surface area contributed by atoms with Crippen LogP contribution in [0.1, 0.15) is 46.5 Å². The summed E-state index contributed by atoms with van der Waals surface area (Å²) < 4.78 is 5.45. The fraction of sp³-hybridized carbons (Fsp3) is 0.846. The van der Waals surface area contributed by atoms with E-state index in [0.29, 0.717) is 12.1 Å². The van der Waals surface area contributed by atoms with Crippen molar-refractivity contribution in [2.75, 3.05) is 13.2 Å². The lowest BCUT2D eigenvalue weighted by atomic mass is 10.1. The van der Waals surface area contributed by atoms with E-state index < -0.39 is 0 Å². The fourth-order valence-electron chi connectivity index (χ4n) is 1.98. The molecule has 1 heterocycles. The minimum Gasteiger partial charge on any atom is -0.380 e. The SMILES string of the molecule is CC(C)=CCCC(C)NC1CCCOC1. The van der Waals surface area contributed by atoms with Crippen LogP contribution in [-0.2, 0) is 4.74 Å². The Morgan fingerprint density at radius 3 is 2.93 bits per heavy atom. The Morgan fingerprint density at radius 1 is 1.53 bits per heavy atom. The molecule has 2 unspecified atom stereocenters. The van der Waals surface area contributed by atoms with Gasteiger partial charge in [-0.05, 0) is 46.5 Å². The molecule has 0 aromatic rings. The van der Waals surface area contributed by atoms with Gasteiger partial charge in [-0.2, -0.15) is 0 Å². The van der Waals surface area contributed by atoms with Crippen molar-refractivity contribution < 1.29 is 4.74 Å². The minimum absolute atomic E-state index is 0.584. The van der Waals surface area contributed by atoms with Gasteiger partial charge in [0.2, 0.25) is 0 Å². The van der Waals surface area contributed by atoms with Crippen molar-refractivity contribution in [3.8, 4) is 0 Å². The van der Waals surface area contributed by atoms with E-state index in [-0.39, 0.29) is 0 Å². The van der Waals surface area contributed by atoms with Gasteiger partial charge in [-0.3, -0.25) is 0 Å². The molecule has 1 aliphatic rings. The molecule has 0 aliphatic carbocycles. The first-order chi connectivity index (χ1) is 7.18. The first-order valence-corrected chi connectivity index (χ1v) is 6.15. The maximum Gasteiger partial charge on any atom is 0.0619 e. The van der Waals surface area contributed by atoms with Gasteiger partial charge in [-0.1, -0.05) is 11.6 Å². The van der Waals surface area contributed by atoms with Gasteiger partial charge in [0.25, 0.3) is 0 Å². The molecule has 0 bridgehead atoms. The molecule has 15 heavy (non-hydrogen) atoms. The number of hydrogen-bond acceptors (Lipinski definition) is 2. The predicted octanol–water partition coefficient (Wildman–Crippen LogP) is 2.89. The molecule has 2 atom stereocenters. The summed E-state index contributed by atoms with van der Waals surface area (Å²) in [4.78, 5) is 0. The maximum atomic E-state index is 5.45. The molecule has 0 aromatic carbocycles. The predicted molar refractivity (Wildman–Crippen MR) is 65.1 cm³/mol. The van der Waals surface area contributed by atoms with Crippen molar-refractivity contribution in [3.05, 3.63) is 11.6 Å². The Balaban J connectivity index is 2.11. The van der Waals surface area contributed by atoms with Gasteiger partial charge < -0.3 is 10.1 Å². The monoisotopic (exact) mass is 211 g/mol. The van der Waals surface area contributed by atoms with Crippen LogP contribution in [0.15, 0.2) is 11.6 Å². The average molecular weight is 211 g/mol. The molecule has 0 aromatic heterocycles. The van der Waals surface area contributed by atoms with Crippen molar-refractivity contribution in [2.45, 2.75) is 58.5 Å². The average Bonchev–Trinajstić information content (AvgIpc) is 2.18. The summed E-state index contributed by atoms with van der Waals surface area (Å²) in [5, 5.41) is 3.64. The summed E-state index contributed by atoms with van der Waals surface area (Å²) >= 11 is 0. The number of nitrogens with one attached hydrogen (secondary N) is 1. The van der Waals surface area contributed by atoms with Crippen LogP contribution in [0.2, 0.25) is 0 Å². The molecule has 2 heteroatoms. The Hall–Kier alpha value is -0.340. The summed E-state index contributed by atoms with van der Waals surface area (Å²) in [6.45, 7) is 8.44. The van der Waals surface area contributed by atoms with Gasteiger partial charge in [-0.25, -0.2) is 0 Å². The van der Waals surface area contributed by atoms with Gasteiger partial charge in [0.05, 0.1) is 6.61 Å². The highest BCUT2D eigenvalue weighted by atomic mass is 16.5. The zero-order valence-electron chi connectivity index (χ0n) is 10.4. The van der Waals surface area contributed by atoms with E-state index in [1.54, 1.807) is 0 Å². The normalized spacial score (nSPS) is 23.5. The molecule has 88 valence electrons. The molecule has 1 saturated heterocycles. The fourth-order valence-corrected chi connectivity index (χ4v) is 1.98. The minimum atomic E-state index is 0.584. The lowest BCUT2D eigenvalue weighted by Crippen LogP contribution is -2.41. The molecule has 1 aliphatic heterocycles. The van der Waals surface area contributed by atoms with Gasteiger partial charge in [0, 0.05) is 18.7 Å². The second-order valence-electron chi connectivity index (χ2n) is 4.84. The van der Waals surface area contributed by atoms with Crippen molar-refractivity contribution in [2.24, 2.45) is 0 Å². The number of allylic oxidation sites excluding steroid dienone is 2. The van der Waals surface area contributed by atoms with Crippen LogP contribution in [0, 0.1) is 0 Å². The number of hydrogen-bond donors (Lipinski definition) is 1. The highest BCUT2D eigenvalue weighted by Crippen LogP contribution is 2.08. The van der Waals surface area contributed by atoms with Crippen LogP contribution in [0.25, 0.3) is 0 Å². The summed E-state index contributed by atoms with van der Waals surface area (Å²) in [6, 6.07) is 1.19. The molecular weight excluding hydrogens is 186 g/mol. The smallest absolute Gasteiger partial charge is 0.0619 e. The van der Waals surface area contributed by atoms with Crippen molar-refractivity contribution >= 4 is 0 Å². The van der Waals surface area contributed by atoms with Crippen molar-refractivity contribution in [1.29, 1.82) is 0 Å². The van der Waals surface area contributed by atoms with Gasteiger partial charge in [-0.15, -0.1) is 0 Å². The molecule has 0 radical (unpaired) electrons. The number of rotatable bonds is 5. The Labute approximate surface area is 94.1 Å². The van der Waals surface area contributed by atoms with Crippen LogP contribution in [0.5, 0.6) is 0 Å². The highest BCUT2D eigenvalue weighted by molar-refractivity contribution is 4.93. The van der Waals surface area contributed by atoms with E-state index in [2.05, 4.69) is 32.2 Å². The molecule has 0 spiro atoms. The summed E-state index contributed by atoms with van der Waals surface area (Å²) in [6.07, 6.45) is 7.20. The van der Waals surface area contributed by atoms with Crippen molar-refractivity contribution in [1.82, 2.24) is 5.32 Å². The Morgan fingerprint density at radius 2 is 2.33 bits per heavy atom. The second kappa shape index (κ2) is 7.02. The van der Waals surface area contributed by atoms with Gasteiger partial charge in [0.1, 0.15) is 0 Å². The largest absolute Gasteiger partial charge is 0.380 e. The number of ether oxygens (including phenoxy) is 1. The zero-order chi connectivity index (χ0) is 11.1. The van der Waals surface area contributed by atoms with Gasteiger partial charge in [0.15, 0.2) is 0 Å². The van der Waals surface area contributed by atoms with E-state index in [0.717, 1.165) is 13.2 Å². The first kappa shape index (κ1) is 12.7. The van der Waals surface area contributed by atoms with Crippen LogP contribution in [0.3, 0.4) is 0 Å². The third-order valence-electron chi connectivity index (χ3n) is 2.83. The topological polar surface area (TPSA) is 21.3 Å². The summed E-state index contributed by atoms with van der Waals surface area (Å²) in [5.74, 6) is 0. The molecular formula is C13H25NO. The van der Waals surface area contributed by atoms with Crippen LogP contribution in [0.4, 0.5) is 0 Å². The molecule has 0 saturated carbocycles. The molecule has 2 nitrogen and oxygen atoms in total. The highest BCUT2D eigenvalue weighted by Gasteiger charge is 2.15. The zero-order valence-corrected chi connectivity index (χ0v) is 10.4. The molecule has 1 rings (SSSR count). The third-order valence-corrected chi connectivity index (χ3v) is 2.83. The Kier molecular flexibility index (Phi) is 5.96. The second-order valence-corrected chi connectivity index (χ2v) is 4.84. The summed E-state index contributed by atoms with van der Waals surface area (Å²) in [7, 11) is 0. The first-order valence-electron chi connectivity index (χ1n) is 6.15. The van der Waals surface area contributed by atoms with Crippen LogP contribution < -0.4 is 5.32 Å². The van der Waals surface area contributed by atoms with Crippen LogP contribution in [-0.4, -0.2) is 25.3 Å². The Bertz CT molecular complexity index is 191. The molecule has 1 fully saturated rings. The third kappa shape index (κ3) is 5.95. The van der Waals surface area contributed by atoms with E-state index in [4.69, 9.17) is 4.74 Å². The van der Waals surface area contributed by atoms with Crippen LogP contribution >= 0.6 is 0 Å². The van der Waals surface area contributed by atoms with Crippen molar-refractivity contribution in [3.63, 3.8) is 0 Å². The molecule has 0 amide bonds. The quantitative estimate of drug-likeness (QED) is 0.706. The van der Waals surface area contributed by atoms with E-state index in [1.165, 1.54) is 31.3 Å². The standard InChI is InChI=1S/C13H25NO/c1-11(2)6-4-7-12(3)14-13-8-5-9-15-10-13/h6,12-14H,4-5,7-10H2,1-3H3. The summed E-state index contributed by atoms with van der Waals surface area (Å²) in [5.41, 5.74) is 1.42. The van der Waals surface area contributed by atoms with E-state index in [1.807, 2.05) is 0 Å². The van der Waals surface area contributed by atoms with E-state index >= 15 is 0 Å². The lowest BCUT2D eigenvalue weighted by Gasteiger charge is -2.26. The van der Waals surface area contributed by atoms with Gasteiger partial charge >= 0.3 is 0 Å². The maximum absolute atomic E-state index is 5.45. The van der Waals surface area contributed by atoms with E-state index in [9.17, 15) is 0 Å². The molecule has 1 N–H and O–H groups in total. The lowest BCUT2D eigenvalue weighted by molar-refractivity contribution is 0.0668.